The number of carbonyl (C=O) groups is 1. The second-order valence-electron chi connectivity index (χ2n) is 6.36. The number of carbonyl (C=O) groups excluding carboxylic acids is 1. The lowest BCUT2D eigenvalue weighted by Crippen LogP contribution is -2.24. The first kappa shape index (κ1) is 16.6. The van der Waals surface area contributed by atoms with Crippen LogP contribution in [0.4, 0.5) is 0 Å². The highest BCUT2D eigenvalue weighted by Gasteiger charge is 2.49. The summed E-state index contributed by atoms with van der Waals surface area (Å²) in [7, 11) is 0. The highest BCUT2D eigenvalue weighted by molar-refractivity contribution is 6.30. The molecule has 3 rings (SSSR count). The number of benzene rings is 1. The minimum Gasteiger partial charge on any atom is -0.491 e. The third-order valence-electron chi connectivity index (χ3n) is 4.75. The van der Waals surface area contributed by atoms with Crippen LogP contribution in [0.1, 0.15) is 25.7 Å². The van der Waals surface area contributed by atoms with Gasteiger partial charge in [0.15, 0.2) is 0 Å². The summed E-state index contributed by atoms with van der Waals surface area (Å²) in [6, 6.07) is 7.02. The standard InChI is InChI=1S/C17H21ClO5/c18-10-2-1-3-12(6-10)22-9-11(19)4-5-13-14-7-17(21)23-16(14)8-15(13)20/h1-3,6,11,13-16,19-20H,4-5,7-9H2/t11-,13?,14-,15-,16+/m1/s1. The van der Waals surface area contributed by atoms with E-state index in [9.17, 15) is 15.0 Å². The van der Waals surface area contributed by atoms with Gasteiger partial charge in [-0.1, -0.05) is 17.7 Å². The summed E-state index contributed by atoms with van der Waals surface area (Å²) in [5.41, 5.74) is 0. The lowest BCUT2D eigenvalue weighted by molar-refractivity contribution is -0.141. The second-order valence-corrected chi connectivity index (χ2v) is 6.80. The van der Waals surface area contributed by atoms with Crippen LogP contribution in [0.5, 0.6) is 5.75 Å². The summed E-state index contributed by atoms with van der Waals surface area (Å²) in [6.45, 7) is 0.173. The van der Waals surface area contributed by atoms with Gasteiger partial charge in [0.05, 0.1) is 18.6 Å². The van der Waals surface area contributed by atoms with E-state index in [1.807, 2.05) is 0 Å². The summed E-state index contributed by atoms with van der Waals surface area (Å²) < 4.78 is 10.7. The summed E-state index contributed by atoms with van der Waals surface area (Å²) in [5.74, 6) is 0.528. The predicted octanol–water partition coefficient (Wildman–Crippen LogP) is 2.17. The molecule has 0 radical (unpaired) electrons. The molecule has 1 saturated carbocycles. The van der Waals surface area contributed by atoms with Crippen molar-refractivity contribution in [2.75, 3.05) is 6.61 Å². The molecule has 2 aliphatic rings. The fourth-order valence-electron chi connectivity index (χ4n) is 3.60. The van der Waals surface area contributed by atoms with Gasteiger partial charge < -0.3 is 19.7 Å². The number of halogens is 1. The number of aliphatic hydroxyl groups excluding tert-OH is 2. The number of ether oxygens (including phenoxy) is 2. The van der Waals surface area contributed by atoms with Gasteiger partial charge in [0.2, 0.25) is 0 Å². The highest BCUT2D eigenvalue weighted by Crippen LogP contribution is 2.43. The molecular weight excluding hydrogens is 320 g/mol. The molecular formula is C17H21ClO5. The van der Waals surface area contributed by atoms with E-state index in [2.05, 4.69) is 0 Å². The molecule has 2 N–H and O–H groups in total. The van der Waals surface area contributed by atoms with Crippen LogP contribution in [0.25, 0.3) is 0 Å². The Morgan fingerprint density at radius 2 is 2.26 bits per heavy atom. The third kappa shape index (κ3) is 3.97. The molecule has 1 aliphatic heterocycles. The summed E-state index contributed by atoms with van der Waals surface area (Å²) >= 11 is 5.88. The zero-order valence-corrected chi connectivity index (χ0v) is 13.5. The summed E-state index contributed by atoms with van der Waals surface area (Å²) in [4.78, 5) is 11.3. The van der Waals surface area contributed by atoms with Crippen LogP contribution in [-0.2, 0) is 9.53 Å². The molecule has 1 aliphatic carbocycles. The first-order chi connectivity index (χ1) is 11.0. The normalized spacial score (nSPS) is 30.8. The maximum absolute atomic E-state index is 11.3. The van der Waals surface area contributed by atoms with Crippen molar-refractivity contribution in [1.29, 1.82) is 0 Å². The molecule has 0 bridgehead atoms. The van der Waals surface area contributed by atoms with Crippen molar-refractivity contribution in [2.24, 2.45) is 11.8 Å². The SMILES string of the molecule is O=C1C[C@@H]2C(CC[C@@H](O)COc3cccc(Cl)c3)[C@H](O)C[C@@H]2O1. The van der Waals surface area contributed by atoms with Crippen molar-refractivity contribution >= 4 is 17.6 Å². The molecule has 0 aromatic heterocycles. The minimum atomic E-state index is -0.627. The molecule has 2 fully saturated rings. The van der Waals surface area contributed by atoms with Crippen LogP contribution in [0.2, 0.25) is 5.02 Å². The number of fused-ring (bicyclic) bond motifs is 1. The monoisotopic (exact) mass is 340 g/mol. The van der Waals surface area contributed by atoms with E-state index in [-0.39, 0.29) is 30.5 Å². The van der Waals surface area contributed by atoms with Crippen LogP contribution >= 0.6 is 11.6 Å². The van der Waals surface area contributed by atoms with Crippen molar-refractivity contribution in [2.45, 2.75) is 44.0 Å². The lowest BCUT2D eigenvalue weighted by atomic mass is 9.87. The number of aliphatic hydroxyl groups is 2. The average molecular weight is 341 g/mol. The van der Waals surface area contributed by atoms with E-state index in [4.69, 9.17) is 21.1 Å². The largest absolute Gasteiger partial charge is 0.491 e. The summed E-state index contributed by atoms with van der Waals surface area (Å²) in [5, 5.41) is 20.8. The predicted molar refractivity (Wildman–Crippen MR) is 84.3 cm³/mol. The molecule has 1 aromatic rings. The Morgan fingerprint density at radius 3 is 3.04 bits per heavy atom. The molecule has 5 nitrogen and oxygen atoms in total. The van der Waals surface area contributed by atoms with Crippen LogP contribution in [-0.4, -0.2) is 41.1 Å². The smallest absolute Gasteiger partial charge is 0.306 e. The summed E-state index contributed by atoms with van der Waals surface area (Å²) in [6.07, 6.45) is 0.816. The topological polar surface area (TPSA) is 76.0 Å². The van der Waals surface area contributed by atoms with Crippen LogP contribution in [0.15, 0.2) is 24.3 Å². The molecule has 6 heteroatoms. The van der Waals surface area contributed by atoms with Crippen LogP contribution in [0, 0.1) is 11.8 Å². The van der Waals surface area contributed by atoms with Crippen molar-refractivity contribution in [3.63, 3.8) is 0 Å². The Kier molecular flexibility index (Phi) is 5.09. The molecule has 1 unspecified atom stereocenters. The lowest BCUT2D eigenvalue weighted by Gasteiger charge is -2.21. The molecule has 23 heavy (non-hydrogen) atoms. The van der Waals surface area contributed by atoms with E-state index in [0.29, 0.717) is 36.5 Å². The van der Waals surface area contributed by atoms with E-state index < -0.39 is 12.2 Å². The number of rotatable bonds is 6. The van der Waals surface area contributed by atoms with Gasteiger partial charge in [-0.2, -0.15) is 0 Å². The Balaban J connectivity index is 1.45. The Bertz CT molecular complexity index is 564. The number of esters is 1. The van der Waals surface area contributed by atoms with Gasteiger partial charge in [0, 0.05) is 17.4 Å². The van der Waals surface area contributed by atoms with Gasteiger partial charge in [0.1, 0.15) is 18.5 Å². The van der Waals surface area contributed by atoms with Gasteiger partial charge in [-0.25, -0.2) is 0 Å². The fraction of sp³-hybridized carbons (Fsp3) is 0.588. The molecule has 0 amide bonds. The van der Waals surface area contributed by atoms with Crippen molar-refractivity contribution < 1.29 is 24.5 Å². The molecule has 1 aromatic carbocycles. The van der Waals surface area contributed by atoms with Crippen LogP contribution < -0.4 is 4.74 Å². The van der Waals surface area contributed by atoms with E-state index in [0.717, 1.165) is 0 Å². The van der Waals surface area contributed by atoms with E-state index in [1.165, 1.54) is 0 Å². The van der Waals surface area contributed by atoms with E-state index in [1.54, 1.807) is 24.3 Å². The quantitative estimate of drug-likeness (QED) is 0.776. The maximum Gasteiger partial charge on any atom is 0.306 e. The van der Waals surface area contributed by atoms with Gasteiger partial charge in [0.25, 0.3) is 0 Å². The average Bonchev–Trinajstić information content (AvgIpc) is 2.98. The van der Waals surface area contributed by atoms with E-state index >= 15 is 0 Å². The van der Waals surface area contributed by atoms with Gasteiger partial charge in [-0.05, 0) is 37.0 Å². The molecule has 0 spiro atoms. The molecule has 1 saturated heterocycles. The zero-order chi connectivity index (χ0) is 16.4. The number of hydrogen-bond donors (Lipinski definition) is 2. The molecule has 126 valence electrons. The highest BCUT2D eigenvalue weighted by atomic mass is 35.5. The Hall–Kier alpha value is -1.30. The van der Waals surface area contributed by atoms with Crippen molar-refractivity contribution in [3.8, 4) is 5.75 Å². The zero-order valence-electron chi connectivity index (χ0n) is 12.7. The van der Waals surface area contributed by atoms with Gasteiger partial charge >= 0.3 is 5.97 Å². The molecule has 1 heterocycles. The van der Waals surface area contributed by atoms with Gasteiger partial charge in [-0.15, -0.1) is 0 Å². The Labute approximate surface area is 140 Å². The Morgan fingerprint density at radius 1 is 1.43 bits per heavy atom. The first-order valence-electron chi connectivity index (χ1n) is 7.97. The van der Waals surface area contributed by atoms with Crippen LogP contribution in [0.3, 0.4) is 0 Å². The fourth-order valence-corrected chi connectivity index (χ4v) is 3.78. The molecule has 5 atom stereocenters. The first-order valence-corrected chi connectivity index (χ1v) is 8.34. The van der Waals surface area contributed by atoms with Crippen molar-refractivity contribution in [1.82, 2.24) is 0 Å². The van der Waals surface area contributed by atoms with Gasteiger partial charge in [-0.3, -0.25) is 4.79 Å². The minimum absolute atomic E-state index is 0.00673. The second kappa shape index (κ2) is 7.07. The third-order valence-corrected chi connectivity index (χ3v) is 4.99. The number of hydrogen-bond acceptors (Lipinski definition) is 5. The maximum atomic E-state index is 11.3. The van der Waals surface area contributed by atoms with Crippen molar-refractivity contribution in [3.05, 3.63) is 29.3 Å².